The molecule has 0 bridgehead atoms. The number of aliphatic hydroxyl groups excluding tert-OH is 3. The molecule has 1 saturated heterocycles. The van der Waals surface area contributed by atoms with Crippen LogP contribution in [0.2, 0.25) is 0 Å². The zero-order valence-corrected chi connectivity index (χ0v) is 26.0. The molecule has 9 atom stereocenters. The van der Waals surface area contributed by atoms with E-state index in [2.05, 4.69) is 11.9 Å². The Balaban J connectivity index is 1.73. The van der Waals surface area contributed by atoms with Gasteiger partial charge in [-0.3, -0.25) is 4.79 Å². The first kappa shape index (κ1) is 34.7. The van der Waals surface area contributed by atoms with E-state index in [1.54, 1.807) is 20.8 Å². The molecule has 1 unspecified atom stereocenters. The third kappa shape index (κ3) is 7.50. The van der Waals surface area contributed by atoms with E-state index in [9.17, 15) is 35.1 Å². The number of rotatable bonds is 12. The van der Waals surface area contributed by atoms with Crippen molar-refractivity contribution in [3.8, 4) is 11.5 Å². The summed E-state index contributed by atoms with van der Waals surface area (Å²) in [4.78, 5) is 25.6. The standard InChI is InChI=1S/C31H47NO11/c1-14(2)9-22(40-7)27(37)28(38)32-29(41-8)23-13-24(36)31(5,6)25(42-23)12-19(34)16(4)21-10-17-15(3)18(33)11-20(35)26(17)30(39)43-21/h11,16,19,21-25,27,29,33-37H,1,9-10,12-13H2,2-8H3,(H,32,38)/t16-,19+,21?,22+,23+,24-,25-,27+,29-/m1/s1. The highest BCUT2D eigenvalue weighted by atomic mass is 16.6. The molecule has 3 rings (SSSR count). The number of hydrogen-bond acceptors (Lipinski definition) is 11. The third-order valence-corrected chi connectivity index (χ3v) is 9.02. The number of phenols is 2. The van der Waals surface area contributed by atoms with Gasteiger partial charge in [0.15, 0.2) is 12.3 Å². The first-order valence-electron chi connectivity index (χ1n) is 14.5. The fourth-order valence-corrected chi connectivity index (χ4v) is 5.80. The highest BCUT2D eigenvalue weighted by Gasteiger charge is 2.48. The van der Waals surface area contributed by atoms with Gasteiger partial charge in [-0.15, -0.1) is 6.58 Å². The molecular weight excluding hydrogens is 562 g/mol. The summed E-state index contributed by atoms with van der Waals surface area (Å²) >= 11 is 0. The van der Waals surface area contributed by atoms with Crippen LogP contribution >= 0.6 is 0 Å². The number of aliphatic hydroxyl groups is 3. The minimum absolute atomic E-state index is 0.00479. The zero-order chi connectivity index (χ0) is 32.4. The van der Waals surface area contributed by atoms with Crippen molar-refractivity contribution in [2.24, 2.45) is 11.3 Å². The minimum atomic E-state index is -1.50. The Labute approximate surface area is 252 Å². The highest BCUT2D eigenvalue weighted by Crippen LogP contribution is 2.42. The van der Waals surface area contributed by atoms with Crippen LogP contribution in [-0.2, 0) is 30.2 Å². The van der Waals surface area contributed by atoms with Gasteiger partial charge in [-0.05, 0) is 31.4 Å². The van der Waals surface area contributed by atoms with Crippen LogP contribution in [0.15, 0.2) is 18.2 Å². The molecule has 242 valence electrons. The SMILES string of the molecule is C=C(C)C[C@H](OC)[C@H](O)C(=O)N[C@H](OC)[C@@H]1C[C@@H](O)C(C)(C)[C@@H](C[C@H](O)[C@@H](C)C2Cc3c(C)c(O)cc(O)c3C(=O)O2)O1. The van der Waals surface area contributed by atoms with Gasteiger partial charge in [-0.2, -0.15) is 0 Å². The largest absolute Gasteiger partial charge is 0.508 e. The van der Waals surface area contributed by atoms with Crippen molar-refractivity contribution in [3.63, 3.8) is 0 Å². The summed E-state index contributed by atoms with van der Waals surface area (Å²) in [5, 5.41) is 56.0. The van der Waals surface area contributed by atoms with Crippen molar-refractivity contribution in [1.29, 1.82) is 0 Å². The van der Waals surface area contributed by atoms with Crippen LogP contribution in [0.25, 0.3) is 0 Å². The quantitative estimate of drug-likeness (QED) is 0.115. The maximum absolute atomic E-state index is 12.9. The molecule has 0 aliphatic carbocycles. The summed E-state index contributed by atoms with van der Waals surface area (Å²) in [7, 11) is 2.76. The van der Waals surface area contributed by atoms with E-state index in [1.165, 1.54) is 14.2 Å². The number of fused-ring (bicyclic) bond motifs is 1. The molecule has 0 aromatic heterocycles. The van der Waals surface area contributed by atoms with E-state index >= 15 is 0 Å². The molecule has 0 radical (unpaired) electrons. The van der Waals surface area contributed by atoms with E-state index in [-0.39, 0.29) is 42.7 Å². The molecule has 43 heavy (non-hydrogen) atoms. The molecule has 1 fully saturated rings. The number of carbonyl (C=O) groups excluding carboxylic acids is 2. The molecule has 6 N–H and O–H groups in total. The van der Waals surface area contributed by atoms with Gasteiger partial charge in [0.1, 0.15) is 29.3 Å². The average Bonchev–Trinajstić information content (AvgIpc) is 2.94. The molecule has 1 aromatic carbocycles. The van der Waals surface area contributed by atoms with Crippen molar-refractivity contribution in [2.45, 2.75) is 109 Å². The maximum atomic E-state index is 12.9. The Morgan fingerprint density at radius 3 is 2.42 bits per heavy atom. The number of amides is 1. The van der Waals surface area contributed by atoms with Crippen LogP contribution in [0.4, 0.5) is 0 Å². The Kier molecular flexibility index (Phi) is 11.2. The molecule has 2 aliphatic heterocycles. The van der Waals surface area contributed by atoms with E-state index in [0.717, 1.165) is 11.6 Å². The smallest absolute Gasteiger partial charge is 0.342 e. The number of methoxy groups -OCH3 is 2. The second kappa shape index (κ2) is 13.9. The van der Waals surface area contributed by atoms with E-state index in [1.807, 2.05) is 13.8 Å². The van der Waals surface area contributed by atoms with E-state index in [4.69, 9.17) is 18.9 Å². The first-order chi connectivity index (χ1) is 20.0. The average molecular weight is 610 g/mol. The Morgan fingerprint density at radius 1 is 1.19 bits per heavy atom. The lowest BCUT2D eigenvalue weighted by molar-refractivity contribution is -0.217. The molecule has 1 aromatic rings. The molecule has 0 saturated carbocycles. The molecule has 12 heteroatoms. The van der Waals surface area contributed by atoms with Gasteiger partial charge in [0.25, 0.3) is 5.91 Å². The topological polar surface area (TPSA) is 184 Å². The summed E-state index contributed by atoms with van der Waals surface area (Å²) in [6.07, 6.45) is -6.89. The number of phenolic OH excluding ortho intramolecular Hbond substituents is 2. The van der Waals surface area contributed by atoms with Crippen LogP contribution in [-0.4, -0.2) is 101 Å². The molecular formula is C31H47NO11. The minimum Gasteiger partial charge on any atom is -0.508 e. The lowest BCUT2D eigenvalue weighted by atomic mass is 9.73. The van der Waals surface area contributed by atoms with Crippen molar-refractivity contribution in [3.05, 3.63) is 34.9 Å². The van der Waals surface area contributed by atoms with Crippen molar-refractivity contribution in [1.82, 2.24) is 5.32 Å². The van der Waals surface area contributed by atoms with Crippen LogP contribution in [0.3, 0.4) is 0 Å². The summed E-state index contributed by atoms with van der Waals surface area (Å²) in [6.45, 7) is 12.6. The van der Waals surface area contributed by atoms with E-state index in [0.29, 0.717) is 11.1 Å². The van der Waals surface area contributed by atoms with Crippen molar-refractivity contribution >= 4 is 11.9 Å². The second-order valence-corrected chi connectivity index (χ2v) is 12.5. The van der Waals surface area contributed by atoms with Crippen LogP contribution < -0.4 is 5.32 Å². The molecule has 0 spiro atoms. The summed E-state index contributed by atoms with van der Waals surface area (Å²) < 4.78 is 22.7. The number of ether oxygens (including phenoxy) is 4. The van der Waals surface area contributed by atoms with Gasteiger partial charge in [0.05, 0.1) is 24.4 Å². The number of aromatic hydroxyl groups is 2. The number of nitrogens with one attached hydrogen (secondary N) is 1. The van der Waals surface area contributed by atoms with Crippen molar-refractivity contribution < 1.29 is 54.1 Å². The summed E-state index contributed by atoms with van der Waals surface area (Å²) in [6, 6.07) is 1.10. The Bertz CT molecular complexity index is 1180. The van der Waals surface area contributed by atoms with Crippen LogP contribution in [0.5, 0.6) is 11.5 Å². The lowest BCUT2D eigenvalue weighted by Gasteiger charge is -2.48. The van der Waals surface area contributed by atoms with Crippen LogP contribution in [0.1, 0.15) is 68.4 Å². The van der Waals surface area contributed by atoms with Gasteiger partial charge < -0.3 is 49.8 Å². The number of esters is 1. The van der Waals surface area contributed by atoms with Crippen molar-refractivity contribution in [2.75, 3.05) is 14.2 Å². The fourth-order valence-electron chi connectivity index (χ4n) is 5.80. The monoisotopic (exact) mass is 609 g/mol. The lowest BCUT2D eigenvalue weighted by Crippen LogP contribution is -2.59. The normalized spacial score (nSPS) is 26.8. The highest BCUT2D eigenvalue weighted by molar-refractivity contribution is 5.96. The Hall–Kier alpha value is -2.74. The number of benzene rings is 1. The van der Waals surface area contributed by atoms with Gasteiger partial charge in [-0.1, -0.05) is 26.3 Å². The fraction of sp³-hybridized carbons (Fsp3) is 0.677. The zero-order valence-electron chi connectivity index (χ0n) is 26.0. The predicted molar refractivity (Wildman–Crippen MR) is 155 cm³/mol. The van der Waals surface area contributed by atoms with Gasteiger partial charge >= 0.3 is 5.97 Å². The van der Waals surface area contributed by atoms with Gasteiger partial charge in [0, 0.05) is 50.9 Å². The van der Waals surface area contributed by atoms with Crippen LogP contribution in [0, 0.1) is 18.3 Å². The number of cyclic esters (lactones) is 1. The molecule has 2 heterocycles. The van der Waals surface area contributed by atoms with Gasteiger partial charge in [0.2, 0.25) is 0 Å². The molecule has 1 amide bonds. The third-order valence-electron chi connectivity index (χ3n) is 9.02. The van der Waals surface area contributed by atoms with E-state index < -0.39 is 72.2 Å². The molecule has 2 aliphatic rings. The maximum Gasteiger partial charge on any atom is 0.342 e. The number of hydrogen-bond donors (Lipinski definition) is 6. The Morgan fingerprint density at radius 2 is 1.84 bits per heavy atom. The van der Waals surface area contributed by atoms with Gasteiger partial charge in [-0.25, -0.2) is 4.79 Å². The summed E-state index contributed by atoms with van der Waals surface area (Å²) in [5.41, 5.74) is 0.851. The predicted octanol–water partition coefficient (Wildman–Crippen LogP) is 1.85. The first-order valence-corrected chi connectivity index (χ1v) is 14.5. The number of carbonyl (C=O) groups is 2. The summed E-state index contributed by atoms with van der Waals surface area (Å²) in [5.74, 6) is -2.57. The second-order valence-electron chi connectivity index (χ2n) is 12.5. The molecule has 12 nitrogen and oxygen atoms in total.